The number of benzene rings is 2. The Morgan fingerprint density at radius 3 is 2.33 bits per heavy atom. The predicted molar refractivity (Wildman–Crippen MR) is 166 cm³/mol. The fraction of sp³-hybridized carbons (Fsp3) is 0.531. The third-order valence-electron chi connectivity index (χ3n) is 9.01. The maximum Gasteiger partial charge on any atom is 0.275 e. The normalized spacial score (nSPS) is 22.1. The van der Waals surface area contributed by atoms with Crippen LogP contribution >= 0.6 is 23.2 Å². The Hall–Kier alpha value is -2.41. The monoisotopic (exact) mass is 583 g/mol. The Morgan fingerprint density at radius 2 is 1.77 bits per heavy atom. The van der Waals surface area contributed by atoms with Gasteiger partial charge in [-0.05, 0) is 72.8 Å². The molecule has 1 unspecified atom stereocenters. The third kappa shape index (κ3) is 6.56. The highest BCUT2D eigenvalue weighted by atomic mass is 35.5. The molecule has 216 valence electrons. The first-order valence-corrected chi connectivity index (χ1v) is 15.3. The van der Waals surface area contributed by atoms with Crippen molar-refractivity contribution in [2.45, 2.75) is 90.9 Å². The minimum Gasteiger partial charge on any atom is -0.387 e. The van der Waals surface area contributed by atoms with E-state index in [4.69, 9.17) is 39.3 Å². The molecular weight excluding hydrogens is 541 g/mol. The molecule has 2 aromatic carbocycles. The highest BCUT2D eigenvalue weighted by Crippen LogP contribution is 2.50. The van der Waals surface area contributed by atoms with Crippen LogP contribution in [-0.4, -0.2) is 34.6 Å². The fourth-order valence-corrected chi connectivity index (χ4v) is 6.87. The van der Waals surface area contributed by atoms with Crippen LogP contribution in [0.5, 0.6) is 0 Å². The average Bonchev–Trinajstić information content (AvgIpc) is 3.18. The van der Waals surface area contributed by atoms with Gasteiger partial charge in [0.1, 0.15) is 17.2 Å². The lowest BCUT2D eigenvalue weighted by Gasteiger charge is -2.48. The van der Waals surface area contributed by atoms with Crippen LogP contribution < -0.4 is 11.1 Å². The molecule has 1 fully saturated rings. The number of halogens is 2. The molecule has 4 N–H and O–H groups in total. The van der Waals surface area contributed by atoms with Crippen LogP contribution in [0.1, 0.15) is 95.4 Å². The van der Waals surface area contributed by atoms with E-state index in [1.807, 2.05) is 0 Å². The van der Waals surface area contributed by atoms with Gasteiger partial charge in [0.15, 0.2) is 0 Å². The number of rotatable bonds is 11. The van der Waals surface area contributed by atoms with Crippen molar-refractivity contribution in [3.8, 4) is 0 Å². The molecule has 4 rings (SSSR count). The molecule has 40 heavy (non-hydrogen) atoms. The lowest BCUT2D eigenvalue weighted by atomic mass is 9.67. The first-order chi connectivity index (χ1) is 19.0. The smallest absolute Gasteiger partial charge is 0.275 e. The van der Waals surface area contributed by atoms with Crippen molar-refractivity contribution in [1.29, 1.82) is 5.41 Å². The van der Waals surface area contributed by atoms with Gasteiger partial charge in [0.05, 0.1) is 12.6 Å². The van der Waals surface area contributed by atoms with E-state index < -0.39 is 5.66 Å². The number of carbonyl (C=O) groups is 1. The summed E-state index contributed by atoms with van der Waals surface area (Å²) in [5.74, 6) is 0.676. The summed E-state index contributed by atoms with van der Waals surface area (Å²) in [5, 5.41) is 11.6. The van der Waals surface area contributed by atoms with Crippen LogP contribution in [0, 0.1) is 16.7 Å². The number of hydrogen-bond donors (Lipinski definition) is 3. The number of carbonyl (C=O) groups excluding carboxylic acids is 1. The maximum atomic E-state index is 14.4. The van der Waals surface area contributed by atoms with Crippen LogP contribution in [0.2, 0.25) is 10.0 Å². The predicted octanol–water partition coefficient (Wildman–Crippen LogP) is 7.51. The van der Waals surface area contributed by atoms with Gasteiger partial charge in [-0.1, -0.05) is 88.0 Å². The molecule has 1 spiro atoms. The minimum atomic E-state index is -0.580. The molecule has 2 aliphatic rings. The number of amides is 1. The number of nitrogens with one attached hydrogen (secondary N) is 2. The summed E-state index contributed by atoms with van der Waals surface area (Å²) in [6.45, 7) is 10.1. The molecule has 8 heteroatoms. The van der Waals surface area contributed by atoms with Crippen molar-refractivity contribution < 1.29 is 4.79 Å². The SMILES string of the molecule is CCCC(c1ccc(CNCC(=N)N)cc1)N1C(=O)C(c2cc(Cl)cc(Cl)c2)=NC12CCC(C(C)(C)CC)CC2. The summed E-state index contributed by atoms with van der Waals surface area (Å²) in [4.78, 5) is 21.7. The molecule has 1 saturated carbocycles. The van der Waals surface area contributed by atoms with Gasteiger partial charge in [0.2, 0.25) is 0 Å². The minimum absolute atomic E-state index is 0.0443. The van der Waals surface area contributed by atoms with E-state index >= 15 is 0 Å². The van der Waals surface area contributed by atoms with Crippen LogP contribution in [0.4, 0.5) is 0 Å². The number of aliphatic imine (C=N–C) groups is 1. The average molecular weight is 585 g/mol. The molecule has 0 radical (unpaired) electrons. The zero-order valence-electron chi connectivity index (χ0n) is 24.2. The third-order valence-corrected chi connectivity index (χ3v) is 9.45. The Morgan fingerprint density at radius 1 is 1.15 bits per heavy atom. The van der Waals surface area contributed by atoms with Crippen LogP contribution in [0.25, 0.3) is 0 Å². The molecule has 1 aliphatic heterocycles. The summed E-state index contributed by atoms with van der Waals surface area (Å²) in [6, 6.07) is 13.6. The largest absolute Gasteiger partial charge is 0.387 e. The number of hydrogen-bond acceptors (Lipinski definition) is 4. The van der Waals surface area contributed by atoms with Crippen molar-refractivity contribution >= 4 is 40.7 Å². The van der Waals surface area contributed by atoms with Gasteiger partial charge in [0.25, 0.3) is 5.91 Å². The Kier molecular flexibility index (Phi) is 9.64. The molecule has 1 heterocycles. The van der Waals surface area contributed by atoms with Gasteiger partial charge in [-0.15, -0.1) is 0 Å². The van der Waals surface area contributed by atoms with Gasteiger partial charge in [-0.25, -0.2) is 0 Å². The lowest BCUT2D eigenvalue weighted by molar-refractivity contribution is -0.133. The van der Waals surface area contributed by atoms with Gasteiger partial charge in [0, 0.05) is 22.2 Å². The van der Waals surface area contributed by atoms with Gasteiger partial charge in [-0.2, -0.15) is 0 Å². The van der Waals surface area contributed by atoms with E-state index in [0.29, 0.717) is 40.3 Å². The molecule has 0 saturated heterocycles. The summed E-state index contributed by atoms with van der Waals surface area (Å²) >= 11 is 12.7. The van der Waals surface area contributed by atoms with Gasteiger partial charge in [-0.3, -0.25) is 15.2 Å². The zero-order valence-corrected chi connectivity index (χ0v) is 25.7. The fourth-order valence-electron chi connectivity index (χ4n) is 6.34. The first-order valence-electron chi connectivity index (χ1n) is 14.5. The van der Waals surface area contributed by atoms with Crippen molar-refractivity contribution in [1.82, 2.24) is 10.2 Å². The maximum absolute atomic E-state index is 14.4. The number of amidine groups is 1. The Bertz CT molecular complexity index is 1230. The van der Waals surface area contributed by atoms with Crippen LogP contribution in [0.3, 0.4) is 0 Å². The summed E-state index contributed by atoms with van der Waals surface area (Å²) in [6.07, 6.45) is 6.69. The van der Waals surface area contributed by atoms with E-state index in [9.17, 15) is 4.79 Å². The van der Waals surface area contributed by atoms with Crippen LogP contribution in [-0.2, 0) is 11.3 Å². The van der Waals surface area contributed by atoms with E-state index in [0.717, 1.165) is 56.1 Å². The highest BCUT2D eigenvalue weighted by molar-refractivity contribution is 6.47. The molecule has 6 nitrogen and oxygen atoms in total. The highest BCUT2D eigenvalue weighted by Gasteiger charge is 2.52. The van der Waals surface area contributed by atoms with Crippen LogP contribution in [0.15, 0.2) is 47.5 Å². The lowest BCUT2D eigenvalue weighted by Crippen LogP contribution is -2.51. The molecule has 1 aliphatic carbocycles. The van der Waals surface area contributed by atoms with E-state index in [1.165, 1.54) is 0 Å². The Balaban J connectivity index is 1.70. The van der Waals surface area contributed by atoms with Crippen molar-refractivity contribution in [2.75, 3.05) is 6.54 Å². The molecule has 1 atom stereocenters. The summed E-state index contributed by atoms with van der Waals surface area (Å²) < 4.78 is 0. The number of nitrogens with zero attached hydrogens (tertiary/aromatic N) is 2. The summed E-state index contributed by atoms with van der Waals surface area (Å²) in [5.41, 5.74) is 8.52. The van der Waals surface area contributed by atoms with E-state index in [1.54, 1.807) is 18.2 Å². The van der Waals surface area contributed by atoms with Gasteiger partial charge < -0.3 is 16.0 Å². The second-order valence-corrected chi connectivity index (χ2v) is 12.9. The van der Waals surface area contributed by atoms with E-state index in [-0.39, 0.29) is 23.2 Å². The molecule has 0 bridgehead atoms. The zero-order chi connectivity index (χ0) is 29.1. The number of nitrogens with two attached hydrogens (primary N) is 1. The molecule has 0 aromatic heterocycles. The second-order valence-electron chi connectivity index (χ2n) is 12.1. The first kappa shape index (κ1) is 30.5. The second kappa shape index (κ2) is 12.6. The topological polar surface area (TPSA) is 94.6 Å². The molecule has 1 amide bonds. The standard InChI is InChI=1S/C32H43Cl2N5O/c1-5-7-27(22-10-8-21(9-11-22)19-37-20-28(35)36)39-30(40)29(23-16-25(33)18-26(34)17-23)38-32(39)14-12-24(13-15-32)31(3,4)6-2/h8-11,16-18,24,27,37H,5-7,12-15,19-20H2,1-4H3,(H3,35,36). The quantitative estimate of drug-likeness (QED) is 0.188. The van der Waals surface area contributed by atoms with Gasteiger partial charge >= 0.3 is 0 Å². The Labute approximate surface area is 249 Å². The van der Waals surface area contributed by atoms with Crippen molar-refractivity contribution in [3.63, 3.8) is 0 Å². The van der Waals surface area contributed by atoms with E-state index in [2.05, 4.69) is 62.2 Å². The molecule has 2 aromatic rings. The van der Waals surface area contributed by atoms with Crippen molar-refractivity contribution in [3.05, 3.63) is 69.2 Å². The molecular formula is C32H43Cl2N5O. The van der Waals surface area contributed by atoms with Crippen molar-refractivity contribution in [2.24, 2.45) is 22.1 Å². The summed E-state index contributed by atoms with van der Waals surface area (Å²) in [7, 11) is 0.